The number of ether oxygens (including phenoxy) is 4. The zero-order valence-corrected chi connectivity index (χ0v) is 21.7. The van der Waals surface area contributed by atoms with Gasteiger partial charge in [-0.2, -0.15) is 0 Å². The molecule has 1 aliphatic rings. The van der Waals surface area contributed by atoms with Crippen LogP contribution in [0.2, 0.25) is 0 Å². The van der Waals surface area contributed by atoms with E-state index < -0.39 is 12.4 Å². The van der Waals surface area contributed by atoms with Gasteiger partial charge in [-0.25, -0.2) is 0 Å². The molecule has 0 N–H and O–H groups in total. The van der Waals surface area contributed by atoms with Crippen molar-refractivity contribution < 1.29 is 23.7 Å². The van der Waals surface area contributed by atoms with Crippen molar-refractivity contribution in [3.8, 4) is 0 Å². The third-order valence-corrected chi connectivity index (χ3v) is 6.82. The predicted octanol–water partition coefficient (Wildman–Crippen LogP) is 6.69. The van der Waals surface area contributed by atoms with Crippen LogP contribution in [0.4, 0.5) is 0 Å². The molecule has 2 aromatic rings. The summed E-state index contributed by atoms with van der Waals surface area (Å²) < 4.78 is 25.3. The molecule has 0 unspecified atom stereocenters. The van der Waals surface area contributed by atoms with Gasteiger partial charge in [-0.1, -0.05) is 101 Å². The molecule has 1 saturated heterocycles. The lowest BCUT2D eigenvalue weighted by molar-refractivity contribution is -0.296. The summed E-state index contributed by atoms with van der Waals surface area (Å²) in [5, 5.41) is 0. The highest BCUT2D eigenvalue weighted by Gasteiger charge is 2.47. The lowest BCUT2D eigenvalue weighted by Gasteiger charge is -2.45. The quantitative estimate of drug-likeness (QED) is 0.298. The van der Waals surface area contributed by atoms with Gasteiger partial charge in [0.15, 0.2) is 0 Å². The van der Waals surface area contributed by atoms with E-state index >= 15 is 0 Å². The van der Waals surface area contributed by atoms with Crippen molar-refractivity contribution in [2.75, 3.05) is 0 Å². The average molecular weight is 483 g/mol. The van der Waals surface area contributed by atoms with Gasteiger partial charge in [0.05, 0.1) is 31.3 Å². The van der Waals surface area contributed by atoms with Gasteiger partial charge in [0, 0.05) is 5.92 Å². The van der Waals surface area contributed by atoms with Crippen LogP contribution in [-0.2, 0) is 37.0 Å². The van der Waals surface area contributed by atoms with Crippen molar-refractivity contribution in [2.24, 2.45) is 11.8 Å². The highest BCUT2D eigenvalue weighted by atomic mass is 16.7. The molecule has 0 bridgehead atoms. The van der Waals surface area contributed by atoms with Crippen molar-refractivity contribution in [3.05, 3.63) is 71.8 Å². The molecule has 5 atom stereocenters. The molecule has 1 aliphatic heterocycles. The van der Waals surface area contributed by atoms with Gasteiger partial charge in [0.1, 0.15) is 6.10 Å². The number of hydrogen-bond donors (Lipinski definition) is 0. The van der Waals surface area contributed by atoms with Crippen molar-refractivity contribution in [1.29, 1.82) is 0 Å². The van der Waals surface area contributed by atoms with E-state index in [-0.39, 0.29) is 30.0 Å². The van der Waals surface area contributed by atoms with E-state index in [0.29, 0.717) is 13.2 Å². The summed E-state index contributed by atoms with van der Waals surface area (Å²) in [5.74, 6) is -0.230. The first kappa shape index (κ1) is 27.4. The molecular formula is C30H42O5. The molecule has 192 valence electrons. The third-order valence-electron chi connectivity index (χ3n) is 6.82. The van der Waals surface area contributed by atoms with Gasteiger partial charge in [0.2, 0.25) is 6.29 Å². The summed E-state index contributed by atoms with van der Waals surface area (Å²) in [6.07, 6.45) is 2.64. The van der Waals surface area contributed by atoms with Crippen molar-refractivity contribution in [1.82, 2.24) is 0 Å². The number of carbonyl (C=O) groups is 1. The Bertz CT molecular complexity index is 850. The minimum atomic E-state index is -0.802. The van der Waals surface area contributed by atoms with Gasteiger partial charge in [-0.05, 0) is 30.4 Å². The Kier molecular flexibility index (Phi) is 11.2. The molecule has 0 saturated carbocycles. The molecule has 35 heavy (non-hydrogen) atoms. The molecule has 1 heterocycles. The fourth-order valence-corrected chi connectivity index (χ4v) is 4.84. The number of carbonyl (C=O) groups excluding carboxylic acids is 1. The van der Waals surface area contributed by atoms with Crippen LogP contribution < -0.4 is 0 Å². The van der Waals surface area contributed by atoms with Crippen LogP contribution in [0.15, 0.2) is 60.7 Å². The van der Waals surface area contributed by atoms with E-state index in [9.17, 15) is 4.79 Å². The highest BCUT2D eigenvalue weighted by Crippen LogP contribution is 2.34. The van der Waals surface area contributed by atoms with E-state index in [1.54, 1.807) is 0 Å². The molecule has 3 rings (SSSR count). The first-order valence-electron chi connectivity index (χ1n) is 13.2. The molecular weight excluding hydrogens is 440 g/mol. The molecule has 5 nitrogen and oxygen atoms in total. The number of hydrogen-bond acceptors (Lipinski definition) is 5. The first-order chi connectivity index (χ1) is 17.1. The molecule has 0 aliphatic carbocycles. The summed E-state index contributed by atoms with van der Waals surface area (Å²) in [6, 6.07) is 20.2. The van der Waals surface area contributed by atoms with Gasteiger partial charge in [0.25, 0.3) is 0 Å². The van der Waals surface area contributed by atoms with E-state index in [1.165, 1.54) is 0 Å². The Morgan fingerprint density at radius 2 is 1.34 bits per heavy atom. The maximum absolute atomic E-state index is 13.2. The number of esters is 1. The Morgan fingerprint density at radius 1 is 0.829 bits per heavy atom. The largest absolute Gasteiger partial charge is 0.432 e. The molecule has 2 aromatic carbocycles. The normalized spacial score (nSPS) is 24.4. The molecule has 0 radical (unpaired) electrons. The second kappa shape index (κ2) is 14.4. The Labute approximate surface area is 211 Å². The van der Waals surface area contributed by atoms with E-state index in [0.717, 1.165) is 43.2 Å². The van der Waals surface area contributed by atoms with Crippen LogP contribution >= 0.6 is 0 Å². The molecule has 1 fully saturated rings. The smallest absolute Gasteiger partial charge is 0.311 e. The molecule has 0 amide bonds. The second-order valence-corrected chi connectivity index (χ2v) is 9.54. The third kappa shape index (κ3) is 7.89. The molecule has 0 aromatic heterocycles. The van der Waals surface area contributed by atoms with Gasteiger partial charge in [-0.3, -0.25) is 4.79 Å². The van der Waals surface area contributed by atoms with E-state index in [2.05, 4.69) is 39.8 Å². The molecule has 5 heteroatoms. The number of benzene rings is 2. The fourth-order valence-electron chi connectivity index (χ4n) is 4.84. The van der Waals surface area contributed by atoms with Crippen molar-refractivity contribution >= 4 is 5.97 Å². The van der Waals surface area contributed by atoms with Crippen LogP contribution in [-0.4, -0.2) is 30.6 Å². The van der Waals surface area contributed by atoms with Gasteiger partial charge in [-0.15, -0.1) is 0 Å². The highest BCUT2D eigenvalue weighted by molar-refractivity contribution is 5.72. The van der Waals surface area contributed by atoms with Crippen LogP contribution in [0.5, 0.6) is 0 Å². The standard InChI is InChI=1S/C30H42O5/c1-5-14-25(15-6-2)29(31)35-30-28(33-21-24-18-12-9-13-19-24)27(22(4)26(7-3)34-30)32-20-23-16-10-8-11-17-23/h8-13,16-19,22,25-28,30H,5-7,14-15,20-21H2,1-4H3/t22-,26-,27+,28-,30+/m1/s1. The maximum Gasteiger partial charge on any atom is 0.311 e. The minimum absolute atomic E-state index is 0.0825. The van der Waals surface area contributed by atoms with Crippen LogP contribution in [0.1, 0.15) is 70.9 Å². The lowest BCUT2D eigenvalue weighted by atomic mass is 9.88. The van der Waals surface area contributed by atoms with E-state index in [1.807, 2.05) is 48.5 Å². The van der Waals surface area contributed by atoms with Gasteiger partial charge >= 0.3 is 5.97 Å². The first-order valence-corrected chi connectivity index (χ1v) is 13.2. The molecule has 0 spiro atoms. The van der Waals surface area contributed by atoms with Crippen LogP contribution in [0.3, 0.4) is 0 Å². The second-order valence-electron chi connectivity index (χ2n) is 9.54. The summed E-state index contributed by atoms with van der Waals surface area (Å²) in [6.45, 7) is 9.29. The minimum Gasteiger partial charge on any atom is -0.432 e. The average Bonchev–Trinajstić information content (AvgIpc) is 2.88. The Balaban J connectivity index is 1.82. The predicted molar refractivity (Wildman–Crippen MR) is 138 cm³/mol. The Hall–Kier alpha value is -2.21. The summed E-state index contributed by atoms with van der Waals surface area (Å²) in [5.41, 5.74) is 2.15. The van der Waals surface area contributed by atoms with Crippen molar-refractivity contribution in [3.63, 3.8) is 0 Å². The zero-order chi connectivity index (χ0) is 25.0. The SMILES string of the molecule is CCCC(CCC)C(=O)O[C@@H]1O[C@H](CC)[C@@H](C)[C@H](OCc2ccccc2)[C@H]1OCc1ccccc1. The van der Waals surface area contributed by atoms with Crippen LogP contribution in [0.25, 0.3) is 0 Å². The maximum atomic E-state index is 13.2. The van der Waals surface area contributed by atoms with E-state index in [4.69, 9.17) is 18.9 Å². The van der Waals surface area contributed by atoms with Crippen LogP contribution in [0, 0.1) is 11.8 Å². The monoisotopic (exact) mass is 482 g/mol. The fraction of sp³-hybridized carbons (Fsp3) is 0.567. The summed E-state index contributed by atoms with van der Waals surface area (Å²) in [4.78, 5) is 13.2. The van der Waals surface area contributed by atoms with Gasteiger partial charge < -0.3 is 18.9 Å². The summed E-state index contributed by atoms with van der Waals surface area (Å²) in [7, 11) is 0. The number of rotatable bonds is 13. The Morgan fingerprint density at radius 3 is 1.83 bits per heavy atom. The van der Waals surface area contributed by atoms with Crippen molar-refractivity contribution in [2.45, 2.75) is 97.6 Å². The lowest BCUT2D eigenvalue weighted by Crippen LogP contribution is -2.57. The zero-order valence-electron chi connectivity index (χ0n) is 21.7. The topological polar surface area (TPSA) is 54.0 Å². The summed E-state index contributed by atoms with van der Waals surface area (Å²) >= 11 is 0.